The Morgan fingerprint density at radius 2 is 1.67 bits per heavy atom. The van der Waals surface area contributed by atoms with Crippen LogP contribution in [-0.2, 0) is 4.79 Å². The van der Waals surface area contributed by atoms with E-state index in [4.69, 9.17) is 0 Å². The number of hydrazine groups is 1. The van der Waals surface area contributed by atoms with E-state index in [0.717, 1.165) is 20.9 Å². The van der Waals surface area contributed by atoms with Crippen molar-refractivity contribution in [1.82, 2.24) is 15.8 Å². The number of halogens is 1. The van der Waals surface area contributed by atoms with Crippen molar-refractivity contribution >= 4 is 35.0 Å². The Labute approximate surface area is 193 Å². The monoisotopic (exact) mass is 465 g/mol. The lowest BCUT2D eigenvalue weighted by atomic mass is 10.1. The van der Waals surface area contributed by atoms with Crippen molar-refractivity contribution in [2.75, 3.05) is 6.54 Å². The number of carbonyl (C=O) groups excluding carboxylic acids is 4. The van der Waals surface area contributed by atoms with Crippen LogP contribution < -0.4 is 10.9 Å². The van der Waals surface area contributed by atoms with Crippen molar-refractivity contribution in [1.29, 1.82) is 0 Å². The van der Waals surface area contributed by atoms with Crippen LogP contribution in [0, 0.1) is 12.7 Å². The molecular weight excluding hydrogens is 445 g/mol. The summed E-state index contributed by atoms with van der Waals surface area (Å²) in [5.41, 5.74) is 7.13. The number of benzene rings is 2. The Kier molecular flexibility index (Phi) is 6.32. The van der Waals surface area contributed by atoms with Crippen LogP contribution in [0.5, 0.6) is 0 Å². The van der Waals surface area contributed by atoms with Crippen LogP contribution in [0.4, 0.5) is 4.39 Å². The highest BCUT2D eigenvalue weighted by atomic mass is 32.1. The molecule has 0 saturated carbocycles. The summed E-state index contributed by atoms with van der Waals surface area (Å²) in [6.07, 6.45) is 0.290. The summed E-state index contributed by atoms with van der Waals surface area (Å²) in [6.45, 7) is 1.96. The van der Waals surface area contributed by atoms with Gasteiger partial charge in [-0.2, -0.15) is 0 Å². The Hall–Kier alpha value is -3.85. The molecule has 0 unspecified atom stereocenters. The molecule has 0 radical (unpaired) electrons. The van der Waals surface area contributed by atoms with Crippen molar-refractivity contribution in [3.8, 4) is 10.4 Å². The third-order valence-corrected chi connectivity index (χ3v) is 6.32. The van der Waals surface area contributed by atoms with Crippen LogP contribution in [-0.4, -0.2) is 35.1 Å². The SMILES string of the molecule is Cc1ccc2c(c1)C(=O)N(CCCC(=O)NNC(=O)c1ccc(-c3ccc(F)cc3)s1)C2=O. The van der Waals surface area contributed by atoms with Crippen molar-refractivity contribution in [2.24, 2.45) is 0 Å². The predicted molar refractivity (Wildman–Crippen MR) is 121 cm³/mol. The third-order valence-electron chi connectivity index (χ3n) is 5.19. The van der Waals surface area contributed by atoms with E-state index in [1.807, 2.05) is 6.92 Å². The molecule has 1 aromatic heterocycles. The molecule has 2 heterocycles. The molecule has 1 aliphatic rings. The number of aryl methyl sites for hydroxylation is 1. The minimum atomic E-state index is -0.475. The smallest absolute Gasteiger partial charge is 0.274 e. The van der Waals surface area contributed by atoms with Crippen LogP contribution in [0.2, 0.25) is 0 Å². The first kappa shape index (κ1) is 22.3. The van der Waals surface area contributed by atoms with E-state index in [-0.39, 0.29) is 37.0 Å². The molecule has 3 aromatic rings. The van der Waals surface area contributed by atoms with E-state index < -0.39 is 11.8 Å². The van der Waals surface area contributed by atoms with Gasteiger partial charge in [-0.3, -0.25) is 34.9 Å². The second-order valence-corrected chi connectivity index (χ2v) is 8.67. The predicted octanol–water partition coefficient (Wildman–Crippen LogP) is 3.70. The van der Waals surface area contributed by atoms with Gasteiger partial charge in [0.15, 0.2) is 0 Å². The molecule has 0 saturated heterocycles. The molecule has 2 aromatic carbocycles. The molecular formula is C24H20FN3O4S. The number of nitrogens with zero attached hydrogens (tertiary/aromatic N) is 1. The largest absolute Gasteiger partial charge is 0.279 e. The molecule has 168 valence electrons. The lowest BCUT2D eigenvalue weighted by molar-refractivity contribution is -0.122. The summed E-state index contributed by atoms with van der Waals surface area (Å²) in [6, 6.07) is 14.4. The highest BCUT2D eigenvalue weighted by molar-refractivity contribution is 7.17. The minimum Gasteiger partial charge on any atom is -0.274 e. The van der Waals surface area contributed by atoms with Crippen LogP contribution in [0.25, 0.3) is 10.4 Å². The van der Waals surface area contributed by atoms with Gasteiger partial charge in [0.1, 0.15) is 5.82 Å². The summed E-state index contributed by atoms with van der Waals surface area (Å²) < 4.78 is 13.1. The molecule has 0 fully saturated rings. The molecule has 0 aliphatic carbocycles. The zero-order valence-corrected chi connectivity index (χ0v) is 18.5. The zero-order chi connectivity index (χ0) is 23.5. The maximum absolute atomic E-state index is 13.1. The van der Waals surface area contributed by atoms with Gasteiger partial charge in [0.05, 0.1) is 16.0 Å². The van der Waals surface area contributed by atoms with Gasteiger partial charge >= 0.3 is 0 Å². The standard InChI is InChI=1S/C24H20FN3O4S/c1-14-4-9-17-18(13-14)24(32)28(23(17)31)12-2-3-21(29)26-27-22(30)20-11-10-19(33-20)15-5-7-16(25)8-6-15/h4-11,13H,2-3,12H2,1H3,(H,26,29)(H,27,30). The maximum atomic E-state index is 13.1. The topological polar surface area (TPSA) is 95.6 Å². The summed E-state index contributed by atoms with van der Waals surface area (Å²) in [5.74, 6) is -1.97. The average Bonchev–Trinajstić information content (AvgIpc) is 3.38. The molecule has 4 rings (SSSR count). The van der Waals surface area contributed by atoms with Crippen LogP contribution >= 0.6 is 11.3 Å². The Balaban J connectivity index is 1.24. The number of rotatable bonds is 6. The fourth-order valence-corrected chi connectivity index (χ4v) is 4.39. The van der Waals surface area contributed by atoms with E-state index in [0.29, 0.717) is 16.0 Å². The summed E-state index contributed by atoms with van der Waals surface area (Å²) >= 11 is 1.21. The molecule has 33 heavy (non-hydrogen) atoms. The quantitative estimate of drug-likeness (QED) is 0.429. The van der Waals surface area contributed by atoms with E-state index in [9.17, 15) is 23.6 Å². The van der Waals surface area contributed by atoms with Gasteiger partial charge in [0.2, 0.25) is 5.91 Å². The number of imide groups is 1. The number of hydrogen-bond donors (Lipinski definition) is 2. The Morgan fingerprint density at radius 1 is 0.939 bits per heavy atom. The first-order chi connectivity index (χ1) is 15.8. The summed E-state index contributed by atoms with van der Waals surface area (Å²) in [4.78, 5) is 51.6. The second-order valence-electron chi connectivity index (χ2n) is 7.59. The zero-order valence-electron chi connectivity index (χ0n) is 17.7. The average molecular weight is 466 g/mol. The van der Waals surface area contributed by atoms with E-state index >= 15 is 0 Å². The molecule has 1 aliphatic heterocycles. The highest BCUT2D eigenvalue weighted by Gasteiger charge is 2.34. The van der Waals surface area contributed by atoms with E-state index in [1.165, 1.54) is 23.5 Å². The van der Waals surface area contributed by atoms with Crippen LogP contribution in [0.1, 0.15) is 48.8 Å². The van der Waals surface area contributed by atoms with Crippen molar-refractivity contribution in [3.63, 3.8) is 0 Å². The molecule has 0 atom stereocenters. The van der Waals surface area contributed by atoms with Gasteiger partial charge < -0.3 is 0 Å². The number of hydrogen-bond acceptors (Lipinski definition) is 5. The van der Waals surface area contributed by atoms with E-state index in [2.05, 4.69) is 10.9 Å². The highest BCUT2D eigenvalue weighted by Crippen LogP contribution is 2.28. The minimum absolute atomic E-state index is 0.0258. The molecule has 7 nitrogen and oxygen atoms in total. The first-order valence-electron chi connectivity index (χ1n) is 10.3. The van der Waals surface area contributed by atoms with Gasteiger partial charge in [-0.15, -0.1) is 11.3 Å². The summed E-state index contributed by atoms with van der Waals surface area (Å²) in [7, 11) is 0. The van der Waals surface area contributed by atoms with Gasteiger partial charge in [0.25, 0.3) is 17.7 Å². The van der Waals surface area contributed by atoms with Crippen LogP contribution in [0.3, 0.4) is 0 Å². The number of amides is 4. The number of nitrogens with one attached hydrogen (secondary N) is 2. The fourth-order valence-electron chi connectivity index (χ4n) is 3.49. The first-order valence-corrected chi connectivity index (χ1v) is 11.1. The molecule has 4 amide bonds. The van der Waals surface area contributed by atoms with Crippen molar-refractivity contribution < 1.29 is 23.6 Å². The Bertz CT molecular complexity index is 1250. The van der Waals surface area contributed by atoms with Crippen molar-refractivity contribution in [3.05, 3.63) is 82.0 Å². The molecule has 0 bridgehead atoms. The lowest BCUT2D eigenvalue weighted by Gasteiger charge is -2.13. The molecule has 2 N–H and O–H groups in total. The second kappa shape index (κ2) is 9.33. The van der Waals surface area contributed by atoms with Gasteiger partial charge in [0, 0.05) is 17.8 Å². The molecule has 0 spiro atoms. The Morgan fingerprint density at radius 3 is 2.42 bits per heavy atom. The molecule has 9 heteroatoms. The van der Waals surface area contributed by atoms with Gasteiger partial charge in [-0.25, -0.2) is 4.39 Å². The van der Waals surface area contributed by atoms with E-state index in [1.54, 1.807) is 42.5 Å². The number of carbonyl (C=O) groups is 4. The van der Waals surface area contributed by atoms with Gasteiger partial charge in [-0.1, -0.05) is 23.8 Å². The third kappa shape index (κ3) is 4.83. The maximum Gasteiger partial charge on any atom is 0.279 e. The van der Waals surface area contributed by atoms with Gasteiger partial charge in [-0.05, 0) is 55.3 Å². The summed E-state index contributed by atoms with van der Waals surface area (Å²) in [5, 5.41) is 0. The number of fused-ring (bicyclic) bond motifs is 1. The van der Waals surface area contributed by atoms with Crippen molar-refractivity contribution in [2.45, 2.75) is 19.8 Å². The normalized spacial score (nSPS) is 12.6. The lowest BCUT2D eigenvalue weighted by Crippen LogP contribution is -2.41. The van der Waals surface area contributed by atoms with Crippen LogP contribution in [0.15, 0.2) is 54.6 Å². The fraction of sp³-hybridized carbons (Fsp3) is 0.167. The number of thiophene rings is 1.